The van der Waals surface area contributed by atoms with Crippen molar-refractivity contribution in [3.05, 3.63) is 90.0 Å². The Bertz CT molecular complexity index is 1730. The number of amides is 1. The molecule has 4 heterocycles. The standard InChI is InChI=1S/C29H24N8O3/c38-27-25(33-23(18-8-2-1-3-9-18)19-10-4-5-11-20(19)32-27)34-29-36-35-28(40-29)24-26(37-14-16-39-17-15-37)31-22-13-7-6-12-21(22)30-24/h1-13,25H,14-17H2,(H,32,38)(H,34,36). The predicted molar refractivity (Wildman–Crippen MR) is 150 cm³/mol. The molecule has 1 atom stereocenters. The molecular weight excluding hydrogens is 508 g/mol. The van der Waals surface area contributed by atoms with Crippen molar-refractivity contribution in [2.24, 2.45) is 4.99 Å². The fourth-order valence-corrected chi connectivity index (χ4v) is 4.80. The highest BCUT2D eigenvalue weighted by Crippen LogP contribution is 2.31. The van der Waals surface area contributed by atoms with Crippen LogP contribution in [0.2, 0.25) is 0 Å². The molecule has 0 spiro atoms. The molecule has 2 aliphatic rings. The second-order valence-electron chi connectivity index (χ2n) is 9.32. The summed E-state index contributed by atoms with van der Waals surface area (Å²) in [5.74, 6) is 0.480. The fourth-order valence-electron chi connectivity index (χ4n) is 4.80. The van der Waals surface area contributed by atoms with Gasteiger partial charge in [-0.15, -0.1) is 5.10 Å². The Morgan fingerprint density at radius 3 is 2.40 bits per heavy atom. The van der Waals surface area contributed by atoms with E-state index in [2.05, 4.69) is 25.7 Å². The molecule has 5 aromatic rings. The van der Waals surface area contributed by atoms with Crippen LogP contribution in [0.15, 0.2) is 88.3 Å². The summed E-state index contributed by atoms with van der Waals surface area (Å²) in [7, 11) is 0. The number of nitrogens with one attached hydrogen (secondary N) is 2. The number of benzene rings is 3. The van der Waals surface area contributed by atoms with Gasteiger partial charge in [-0.2, -0.15) is 0 Å². The smallest absolute Gasteiger partial charge is 0.317 e. The van der Waals surface area contributed by atoms with Gasteiger partial charge in [0.2, 0.25) is 6.17 Å². The van der Waals surface area contributed by atoms with Gasteiger partial charge in [0.25, 0.3) is 11.8 Å². The van der Waals surface area contributed by atoms with Crippen LogP contribution in [-0.2, 0) is 9.53 Å². The van der Waals surface area contributed by atoms with E-state index in [9.17, 15) is 4.79 Å². The molecule has 0 saturated carbocycles. The van der Waals surface area contributed by atoms with Crippen molar-refractivity contribution < 1.29 is 13.9 Å². The molecule has 198 valence electrons. The van der Waals surface area contributed by atoms with Crippen molar-refractivity contribution in [3.63, 3.8) is 0 Å². The zero-order valence-electron chi connectivity index (χ0n) is 21.3. The molecule has 0 aliphatic carbocycles. The zero-order valence-corrected chi connectivity index (χ0v) is 21.3. The molecule has 0 radical (unpaired) electrons. The van der Waals surface area contributed by atoms with Crippen molar-refractivity contribution in [1.82, 2.24) is 20.2 Å². The number of benzodiazepines with no additional fused rings is 1. The van der Waals surface area contributed by atoms with Gasteiger partial charge in [0, 0.05) is 24.2 Å². The van der Waals surface area contributed by atoms with E-state index in [4.69, 9.17) is 24.1 Å². The molecule has 1 saturated heterocycles. The number of morpholine rings is 1. The largest absolute Gasteiger partial charge is 0.401 e. The SMILES string of the molecule is O=C1Nc2ccccc2C(c2ccccc2)=NC1Nc1nnc(-c2nc3ccccc3nc2N2CCOCC2)o1. The third-order valence-corrected chi connectivity index (χ3v) is 6.74. The Kier molecular flexibility index (Phi) is 6.09. The molecule has 1 amide bonds. The van der Waals surface area contributed by atoms with E-state index in [1.165, 1.54) is 0 Å². The van der Waals surface area contributed by atoms with Gasteiger partial charge in [-0.3, -0.25) is 4.79 Å². The van der Waals surface area contributed by atoms with Crippen molar-refractivity contribution in [2.75, 3.05) is 41.8 Å². The van der Waals surface area contributed by atoms with Gasteiger partial charge in [-0.05, 0) is 18.2 Å². The summed E-state index contributed by atoms with van der Waals surface area (Å²) in [6, 6.07) is 25.0. The highest BCUT2D eigenvalue weighted by molar-refractivity contribution is 6.19. The predicted octanol–water partition coefficient (Wildman–Crippen LogP) is 3.74. The lowest BCUT2D eigenvalue weighted by atomic mass is 10.0. The van der Waals surface area contributed by atoms with E-state index in [0.717, 1.165) is 16.6 Å². The quantitative estimate of drug-likeness (QED) is 0.347. The van der Waals surface area contributed by atoms with Gasteiger partial charge in [-0.25, -0.2) is 15.0 Å². The van der Waals surface area contributed by atoms with E-state index in [-0.39, 0.29) is 17.8 Å². The number of hydrogen-bond acceptors (Lipinski definition) is 10. The molecule has 2 aliphatic heterocycles. The number of rotatable bonds is 5. The van der Waals surface area contributed by atoms with Gasteiger partial charge in [0.15, 0.2) is 11.5 Å². The molecule has 3 aromatic carbocycles. The molecule has 1 fully saturated rings. The summed E-state index contributed by atoms with van der Waals surface area (Å²) in [4.78, 5) is 29.8. The maximum Gasteiger partial charge on any atom is 0.317 e. The Morgan fingerprint density at radius 2 is 1.57 bits per heavy atom. The van der Waals surface area contributed by atoms with Crippen LogP contribution in [0.5, 0.6) is 0 Å². The molecule has 0 bridgehead atoms. The maximum absolute atomic E-state index is 13.2. The maximum atomic E-state index is 13.2. The zero-order chi connectivity index (χ0) is 26.9. The number of aromatic nitrogens is 4. The van der Waals surface area contributed by atoms with Crippen LogP contribution in [0.3, 0.4) is 0 Å². The third-order valence-electron chi connectivity index (χ3n) is 6.74. The number of nitrogens with zero attached hydrogens (tertiary/aromatic N) is 6. The number of carbonyl (C=O) groups excluding carboxylic acids is 1. The van der Waals surface area contributed by atoms with Gasteiger partial charge in [0.05, 0.1) is 35.6 Å². The second-order valence-corrected chi connectivity index (χ2v) is 9.32. The lowest BCUT2D eigenvalue weighted by Crippen LogP contribution is -2.37. The van der Waals surface area contributed by atoms with Gasteiger partial charge in [0.1, 0.15) is 0 Å². The Morgan fingerprint density at radius 1 is 0.850 bits per heavy atom. The summed E-state index contributed by atoms with van der Waals surface area (Å²) in [5, 5.41) is 14.4. The average Bonchev–Trinajstić information content (AvgIpc) is 3.43. The van der Waals surface area contributed by atoms with E-state index >= 15 is 0 Å². The first kappa shape index (κ1) is 23.9. The molecule has 7 rings (SSSR count). The van der Waals surface area contributed by atoms with E-state index < -0.39 is 6.17 Å². The minimum absolute atomic E-state index is 0.0418. The lowest BCUT2D eigenvalue weighted by Gasteiger charge is -2.28. The molecule has 40 heavy (non-hydrogen) atoms. The minimum Gasteiger partial charge on any atom is -0.401 e. The van der Waals surface area contributed by atoms with Crippen molar-refractivity contribution in [2.45, 2.75) is 6.17 Å². The highest BCUT2D eigenvalue weighted by Gasteiger charge is 2.28. The van der Waals surface area contributed by atoms with Crippen LogP contribution >= 0.6 is 0 Å². The highest BCUT2D eigenvalue weighted by atomic mass is 16.5. The van der Waals surface area contributed by atoms with Crippen LogP contribution in [0.25, 0.3) is 22.6 Å². The molecule has 1 unspecified atom stereocenters. The van der Waals surface area contributed by atoms with Crippen LogP contribution in [0.4, 0.5) is 17.5 Å². The van der Waals surface area contributed by atoms with Gasteiger partial charge in [-0.1, -0.05) is 65.8 Å². The van der Waals surface area contributed by atoms with Crippen molar-refractivity contribution in [1.29, 1.82) is 0 Å². The van der Waals surface area contributed by atoms with Crippen LogP contribution < -0.4 is 15.5 Å². The lowest BCUT2D eigenvalue weighted by molar-refractivity contribution is -0.116. The van der Waals surface area contributed by atoms with E-state index in [1.54, 1.807) is 0 Å². The molecule has 2 aromatic heterocycles. The van der Waals surface area contributed by atoms with E-state index in [1.807, 2.05) is 78.9 Å². The normalized spacial score (nSPS) is 17.1. The number of para-hydroxylation sites is 3. The Labute approximate surface area is 228 Å². The summed E-state index contributed by atoms with van der Waals surface area (Å²) >= 11 is 0. The summed E-state index contributed by atoms with van der Waals surface area (Å²) in [6.45, 7) is 2.51. The van der Waals surface area contributed by atoms with Gasteiger partial charge < -0.3 is 24.7 Å². The van der Waals surface area contributed by atoms with E-state index in [0.29, 0.717) is 54.7 Å². The average molecular weight is 533 g/mol. The molecular formula is C29H24N8O3. The molecule has 2 N–H and O–H groups in total. The number of ether oxygens (including phenoxy) is 1. The fraction of sp³-hybridized carbons (Fsp3) is 0.172. The first-order chi connectivity index (χ1) is 19.7. The van der Waals surface area contributed by atoms with Crippen molar-refractivity contribution in [3.8, 4) is 11.6 Å². The summed E-state index contributed by atoms with van der Waals surface area (Å²) < 4.78 is 11.5. The Hall–Kier alpha value is -5.16. The second kappa shape index (κ2) is 10.2. The first-order valence-electron chi connectivity index (χ1n) is 13.0. The number of hydrogen-bond donors (Lipinski definition) is 2. The van der Waals surface area contributed by atoms with Crippen LogP contribution in [-0.4, -0.2) is 64.3 Å². The number of fused-ring (bicyclic) bond motifs is 2. The number of aliphatic imine (C=N–C) groups is 1. The summed E-state index contributed by atoms with van der Waals surface area (Å²) in [5.41, 5.74) is 4.98. The topological polar surface area (TPSA) is 131 Å². The Balaban J connectivity index is 1.25. The third kappa shape index (κ3) is 4.52. The van der Waals surface area contributed by atoms with Gasteiger partial charge >= 0.3 is 6.01 Å². The first-order valence-corrected chi connectivity index (χ1v) is 13.0. The van der Waals surface area contributed by atoms with Crippen LogP contribution in [0.1, 0.15) is 11.1 Å². The van der Waals surface area contributed by atoms with Crippen molar-refractivity contribution >= 4 is 40.2 Å². The van der Waals surface area contributed by atoms with Crippen LogP contribution in [0, 0.1) is 0 Å². The molecule has 11 nitrogen and oxygen atoms in total. The monoisotopic (exact) mass is 532 g/mol. The molecule has 11 heteroatoms. The number of carbonyl (C=O) groups is 1. The minimum atomic E-state index is -1.02. The summed E-state index contributed by atoms with van der Waals surface area (Å²) in [6.07, 6.45) is -1.02. The number of anilines is 3.